The van der Waals surface area contributed by atoms with E-state index in [0.29, 0.717) is 12.5 Å². The van der Waals surface area contributed by atoms with Gasteiger partial charge in [0.1, 0.15) is 58.9 Å². The van der Waals surface area contributed by atoms with E-state index in [0.717, 1.165) is 64.6 Å². The Labute approximate surface area is 463 Å². The molecule has 1 unspecified atom stereocenters. The van der Waals surface area contributed by atoms with Crippen molar-refractivity contribution in [2.45, 2.75) is 158 Å². The smallest absolute Gasteiger partial charge is 0.340 e. The highest BCUT2D eigenvalue weighted by Gasteiger charge is 2.25. The average Bonchev–Trinajstić information content (AvgIpc) is 4.08. The molecule has 3 saturated heterocycles. The summed E-state index contributed by atoms with van der Waals surface area (Å²) in [6.07, 6.45) is 5.30. The van der Waals surface area contributed by atoms with Gasteiger partial charge in [-0.1, -0.05) is 145 Å². The van der Waals surface area contributed by atoms with Gasteiger partial charge in [-0.05, 0) is 47.5 Å². The van der Waals surface area contributed by atoms with Crippen molar-refractivity contribution in [3.63, 3.8) is 0 Å². The van der Waals surface area contributed by atoms with Crippen molar-refractivity contribution in [2.75, 3.05) is 42.1 Å². The summed E-state index contributed by atoms with van der Waals surface area (Å²) in [5.74, 6) is 3.79. The number of ketones is 3. The van der Waals surface area contributed by atoms with Crippen LogP contribution in [0.3, 0.4) is 0 Å². The van der Waals surface area contributed by atoms with Crippen molar-refractivity contribution in [3.05, 3.63) is 28.0 Å². The highest BCUT2D eigenvalue weighted by atomic mass is 32.2. The van der Waals surface area contributed by atoms with E-state index in [4.69, 9.17) is 0 Å². The number of nitrogens with one attached hydrogen (secondary N) is 4. The number of Topliss-reactive ketones (excluding diaryl/α,β-unsaturated/α-hetero) is 2. The summed E-state index contributed by atoms with van der Waals surface area (Å²) in [7, 11) is -10.2. The van der Waals surface area contributed by atoms with Crippen LogP contribution in [-0.4, -0.2) is 122 Å². The van der Waals surface area contributed by atoms with E-state index >= 15 is 0 Å². The molecule has 23 nitrogen and oxygen atoms in total. The van der Waals surface area contributed by atoms with Crippen LogP contribution in [0.1, 0.15) is 158 Å². The fourth-order valence-corrected chi connectivity index (χ4v) is 6.64. The molecule has 448 valence electrons. The number of sulfonamides is 1. The van der Waals surface area contributed by atoms with Gasteiger partial charge in [0.2, 0.25) is 10.0 Å². The number of rotatable bonds is 0. The SMILES string of the molecule is C1=NCN=N1.CC(C)C.CC(C)C.CC(C)C.CC(C)C.CC(C)C.CC(C)C.CC(C)C.O=C1C=CS(=O)(=O)C1.O=C1CC(=O)ON1.O=C1CCS(=O)(=O)C1.O=C1CNS(=O)(=O)C1.O=S1CN=CN1.O=c1cns[nH]1. The van der Waals surface area contributed by atoms with E-state index in [1.807, 2.05) is 5.48 Å². The molecule has 1 atom stereocenters. The Balaban J connectivity index is -0.000000136. The van der Waals surface area contributed by atoms with Gasteiger partial charge in [0, 0.05) is 23.6 Å². The molecule has 0 aromatic carbocycles. The summed E-state index contributed by atoms with van der Waals surface area (Å²) < 4.78 is 82.7. The third-order valence-electron chi connectivity index (χ3n) is 4.50. The van der Waals surface area contributed by atoms with Crippen LogP contribution in [0.25, 0.3) is 0 Å². The predicted molar refractivity (Wildman–Crippen MR) is 311 cm³/mol. The van der Waals surface area contributed by atoms with Gasteiger partial charge in [-0.3, -0.25) is 38.1 Å². The molecule has 0 saturated carbocycles. The summed E-state index contributed by atoms with van der Waals surface area (Å²) in [6, 6.07) is 0. The summed E-state index contributed by atoms with van der Waals surface area (Å²) in [5.41, 5.74) is 1.76. The Morgan fingerprint density at radius 2 is 1.09 bits per heavy atom. The number of nitrogens with zero attached hydrogens (tertiary/aromatic N) is 5. The van der Waals surface area contributed by atoms with Gasteiger partial charge in [0.15, 0.2) is 37.9 Å². The minimum Gasteiger partial charge on any atom is -0.340 e. The Morgan fingerprint density at radius 3 is 1.18 bits per heavy atom. The third kappa shape index (κ3) is 102. The lowest BCUT2D eigenvalue weighted by Crippen LogP contribution is -2.15. The van der Waals surface area contributed by atoms with Crippen LogP contribution < -0.4 is 20.5 Å². The molecule has 0 spiro atoms. The number of carbonyl (C=O) groups is 5. The first kappa shape index (κ1) is 85.7. The molecule has 76 heavy (non-hydrogen) atoms. The molecule has 1 aromatic rings. The molecule has 7 rings (SSSR count). The van der Waals surface area contributed by atoms with Crippen LogP contribution in [0.5, 0.6) is 0 Å². The maximum atomic E-state index is 10.4. The number of hydroxylamine groups is 1. The van der Waals surface area contributed by atoms with Crippen LogP contribution in [0.2, 0.25) is 0 Å². The summed E-state index contributed by atoms with van der Waals surface area (Å²) in [6.45, 7) is 46.0. The van der Waals surface area contributed by atoms with Crippen molar-refractivity contribution >= 4 is 94.3 Å². The molecule has 28 heteroatoms. The standard InChI is InChI=1S/C4H6O3S.C4H4O3S.7C4H10.C3H5NO3S.C3H3NO3.C2H3N3.C2H4N2OS.C2H2N2OS/c2*5-4-1-2-8(6,7)3-4;7*1-4(2)3;5-3-1-4-8(6,7)2-3;5-2-1-3(6)7-4-2;1-3-2-5-4-1;5-6-2-3-1-4-6;5-2-1-3-6-4-2/h1-3H2;1-2H,3H2;7*4H,1-3H3;4H,1-2H2;1H2,(H,4,5);1H,2H2;1H,2H2,(H,3,4);1H,(H,4,5). The Bertz CT molecular complexity index is 2040. The van der Waals surface area contributed by atoms with Gasteiger partial charge in [-0.25, -0.2) is 44.0 Å². The molecular formula is C48H97N9O14S5. The second kappa shape index (κ2) is 52.8. The first-order chi connectivity index (χ1) is 34.5. The largest absolute Gasteiger partial charge is 0.341 e. The van der Waals surface area contributed by atoms with E-state index in [1.54, 1.807) is 0 Å². The molecule has 0 aliphatic carbocycles. The van der Waals surface area contributed by atoms with Gasteiger partial charge >= 0.3 is 5.97 Å². The van der Waals surface area contributed by atoms with Crippen LogP contribution in [0.15, 0.2) is 42.7 Å². The molecule has 1 amide bonds. The topological polar surface area (TPSA) is 345 Å². The van der Waals surface area contributed by atoms with Crippen LogP contribution >= 0.6 is 11.7 Å². The zero-order valence-corrected chi connectivity index (χ0v) is 53.4. The molecule has 4 N–H and O–H groups in total. The number of aromatic nitrogens is 2. The van der Waals surface area contributed by atoms with Gasteiger partial charge in [-0.15, -0.1) is 5.11 Å². The van der Waals surface area contributed by atoms with Crippen molar-refractivity contribution in [1.29, 1.82) is 0 Å². The Kier molecular flexibility index (Phi) is 59.5. The minimum absolute atomic E-state index is 0.0255. The number of allylic oxidation sites excluding steroid dienone is 1. The molecule has 3 fully saturated rings. The quantitative estimate of drug-likeness (QED) is 0.183. The minimum atomic E-state index is -3.20. The zero-order valence-electron chi connectivity index (χ0n) is 49.3. The van der Waals surface area contributed by atoms with Crippen LogP contribution in [-0.2, 0) is 69.5 Å². The molecule has 7 heterocycles. The third-order valence-corrected chi connectivity index (χ3v) is 9.86. The highest BCUT2D eigenvalue weighted by molar-refractivity contribution is 7.95. The highest BCUT2D eigenvalue weighted by Crippen LogP contribution is 2.05. The van der Waals surface area contributed by atoms with Crippen LogP contribution in [0, 0.1) is 41.4 Å². The number of azo groups is 1. The van der Waals surface area contributed by atoms with Crippen molar-refractivity contribution < 1.29 is 58.3 Å². The number of aliphatic imine (C=N–C) groups is 2. The van der Waals surface area contributed by atoms with Gasteiger partial charge in [-0.2, -0.15) is 15.0 Å². The number of amides is 1. The summed E-state index contributed by atoms with van der Waals surface area (Å²) in [5, 5.41) is 7.84. The van der Waals surface area contributed by atoms with E-state index in [2.05, 4.69) is 189 Å². The maximum Gasteiger partial charge on any atom is 0.341 e. The van der Waals surface area contributed by atoms with Crippen molar-refractivity contribution in [1.82, 2.24) is 23.7 Å². The van der Waals surface area contributed by atoms with Crippen LogP contribution in [0.4, 0.5) is 0 Å². The van der Waals surface area contributed by atoms with Gasteiger partial charge in [0.05, 0.1) is 18.6 Å². The first-order valence-electron chi connectivity index (χ1n) is 24.6. The van der Waals surface area contributed by atoms with Gasteiger partial charge in [0.25, 0.3) is 11.5 Å². The molecule has 1 aromatic heterocycles. The number of hydrogen-bond donors (Lipinski definition) is 4. The first-order valence-corrected chi connectivity index (χ1v) is 31.9. The fraction of sp³-hybridized carbons (Fsp3) is 0.771. The van der Waals surface area contributed by atoms with E-state index in [1.165, 1.54) is 18.9 Å². The monoisotopic (exact) mass is 1180 g/mol. The Hall–Kier alpha value is -4.25. The molecule has 6 aliphatic heterocycles. The fourth-order valence-electron chi connectivity index (χ4n) is 2.55. The average molecular weight is 1180 g/mol. The predicted octanol–water partition coefficient (Wildman–Crippen LogP) is 7.47. The molecular weight excluding hydrogens is 1090 g/mol. The Morgan fingerprint density at radius 1 is 0.632 bits per heavy atom. The number of aromatic amines is 1. The van der Waals surface area contributed by atoms with Crippen molar-refractivity contribution in [3.8, 4) is 0 Å². The summed E-state index contributed by atoms with van der Waals surface area (Å²) >= 11 is 1.05. The molecule has 0 bridgehead atoms. The van der Waals surface area contributed by atoms with E-state index in [9.17, 15) is 58.2 Å². The number of hydrogen-bond acceptors (Lipinski definition) is 20. The normalized spacial score (nSPS) is 17.4. The van der Waals surface area contributed by atoms with Gasteiger partial charge < -0.3 is 4.84 Å². The second-order valence-corrected chi connectivity index (χ2v) is 28.4. The number of carbonyl (C=O) groups excluding carboxylic acids is 5. The van der Waals surface area contributed by atoms with E-state index in [-0.39, 0.29) is 71.2 Å². The lowest BCUT2D eigenvalue weighted by atomic mass is 10.3. The lowest BCUT2D eigenvalue weighted by molar-refractivity contribution is -0.144. The zero-order chi connectivity index (χ0) is 61.3. The molecule has 0 radical (unpaired) electrons. The number of H-pyrrole nitrogens is 1. The lowest BCUT2D eigenvalue weighted by Gasteiger charge is -1.83. The van der Waals surface area contributed by atoms with E-state index < -0.39 is 46.7 Å². The molecule has 6 aliphatic rings. The second-order valence-electron chi connectivity index (χ2n) is 20.8. The van der Waals surface area contributed by atoms with Crippen molar-refractivity contribution in [2.24, 2.45) is 61.6 Å². The summed E-state index contributed by atoms with van der Waals surface area (Å²) in [4.78, 5) is 71.9. The number of sulfone groups is 2. The maximum absolute atomic E-state index is 10.4.